The van der Waals surface area contributed by atoms with Crippen molar-refractivity contribution in [1.82, 2.24) is 0 Å². The van der Waals surface area contributed by atoms with Gasteiger partial charge in [0.15, 0.2) is 0 Å². The van der Waals surface area contributed by atoms with Crippen LogP contribution in [0.2, 0.25) is 0 Å². The predicted octanol–water partition coefficient (Wildman–Crippen LogP) is 2.91. The lowest BCUT2D eigenvalue weighted by Crippen LogP contribution is -2.35. The third-order valence-corrected chi connectivity index (χ3v) is 2.26. The highest BCUT2D eigenvalue weighted by atomic mass is 19.3. The van der Waals surface area contributed by atoms with Gasteiger partial charge in [0.2, 0.25) is 0 Å². The van der Waals surface area contributed by atoms with Crippen LogP contribution in [0.15, 0.2) is 18.2 Å². The van der Waals surface area contributed by atoms with Crippen molar-refractivity contribution in [3.05, 3.63) is 29.3 Å². The van der Waals surface area contributed by atoms with E-state index in [1.165, 1.54) is 13.2 Å². The summed E-state index contributed by atoms with van der Waals surface area (Å²) < 4.78 is 30.7. The maximum Gasteiger partial charge on any atom is 0.264 e. The Kier molecular flexibility index (Phi) is 3.86. The lowest BCUT2D eigenvalue weighted by molar-refractivity contribution is 0.149. The fourth-order valence-electron chi connectivity index (χ4n) is 1.62. The Labute approximate surface area is 94.4 Å². The van der Waals surface area contributed by atoms with E-state index in [-0.39, 0.29) is 5.56 Å². The molecule has 0 radical (unpaired) electrons. The van der Waals surface area contributed by atoms with Crippen LogP contribution >= 0.6 is 0 Å². The standard InChI is InChI=1S/C12H17F2NO/c1-12(2,15)7-9-8(11(13)14)5-4-6-10(9)16-3/h4-6,11H,7,15H2,1-3H3. The van der Waals surface area contributed by atoms with Crippen LogP contribution in [0.25, 0.3) is 0 Å². The van der Waals surface area contributed by atoms with Crippen LogP contribution in [0.5, 0.6) is 5.75 Å². The molecule has 16 heavy (non-hydrogen) atoms. The molecule has 4 heteroatoms. The van der Waals surface area contributed by atoms with E-state index in [0.717, 1.165) is 0 Å². The summed E-state index contributed by atoms with van der Waals surface area (Å²) in [6.45, 7) is 3.60. The molecule has 1 aromatic rings. The molecular formula is C12H17F2NO. The van der Waals surface area contributed by atoms with E-state index >= 15 is 0 Å². The van der Waals surface area contributed by atoms with Crippen LogP contribution in [-0.2, 0) is 6.42 Å². The van der Waals surface area contributed by atoms with Gasteiger partial charge in [-0.1, -0.05) is 12.1 Å². The molecule has 0 amide bonds. The predicted molar refractivity (Wildman–Crippen MR) is 59.9 cm³/mol. The molecule has 0 saturated carbocycles. The molecule has 0 fully saturated rings. The number of hydrogen-bond acceptors (Lipinski definition) is 2. The fourth-order valence-corrected chi connectivity index (χ4v) is 1.62. The minimum atomic E-state index is -2.51. The van der Waals surface area contributed by atoms with E-state index < -0.39 is 12.0 Å². The van der Waals surface area contributed by atoms with E-state index in [9.17, 15) is 8.78 Å². The highest BCUT2D eigenvalue weighted by Crippen LogP contribution is 2.31. The minimum Gasteiger partial charge on any atom is -0.496 e. The van der Waals surface area contributed by atoms with Gasteiger partial charge in [0.1, 0.15) is 5.75 Å². The van der Waals surface area contributed by atoms with Crippen molar-refractivity contribution < 1.29 is 13.5 Å². The normalized spacial score (nSPS) is 11.9. The van der Waals surface area contributed by atoms with Gasteiger partial charge in [-0.25, -0.2) is 8.78 Å². The van der Waals surface area contributed by atoms with Gasteiger partial charge in [-0.05, 0) is 26.3 Å². The summed E-state index contributed by atoms with van der Waals surface area (Å²) in [4.78, 5) is 0. The lowest BCUT2D eigenvalue weighted by atomic mass is 9.92. The Balaban J connectivity index is 3.20. The molecule has 0 bridgehead atoms. The van der Waals surface area contributed by atoms with Crippen molar-refractivity contribution in [3.63, 3.8) is 0 Å². The lowest BCUT2D eigenvalue weighted by Gasteiger charge is -2.22. The van der Waals surface area contributed by atoms with E-state index in [4.69, 9.17) is 10.5 Å². The molecule has 0 unspecified atom stereocenters. The van der Waals surface area contributed by atoms with Crippen molar-refractivity contribution in [1.29, 1.82) is 0 Å². The number of rotatable bonds is 4. The molecule has 2 nitrogen and oxygen atoms in total. The molecule has 0 spiro atoms. The zero-order chi connectivity index (χ0) is 12.3. The first-order valence-corrected chi connectivity index (χ1v) is 5.08. The summed E-state index contributed by atoms with van der Waals surface area (Å²) in [6.07, 6.45) is -2.15. The maximum atomic E-state index is 12.8. The Morgan fingerprint density at radius 1 is 1.38 bits per heavy atom. The van der Waals surface area contributed by atoms with Crippen molar-refractivity contribution in [2.45, 2.75) is 32.2 Å². The second kappa shape index (κ2) is 4.78. The van der Waals surface area contributed by atoms with E-state index in [2.05, 4.69) is 0 Å². The number of alkyl halides is 2. The number of methoxy groups -OCH3 is 1. The van der Waals surface area contributed by atoms with E-state index in [1.54, 1.807) is 26.0 Å². The monoisotopic (exact) mass is 229 g/mol. The maximum absolute atomic E-state index is 12.8. The van der Waals surface area contributed by atoms with Crippen LogP contribution in [0.4, 0.5) is 8.78 Å². The smallest absolute Gasteiger partial charge is 0.264 e. The van der Waals surface area contributed by atoms with Gasteiger partial charge in [-0.15, -0.1) is 0 Å². The van der Waals surface area contributed by atoms with Crippen LogP contribution in [0, 0.1) is 0 Å². The molecule has 0 aromatic heterocycles. The van der Waals surface area contributed by atoms with Crippen LogP contribution in [0.1, 0.15) is 31.4 Å². The minimum absolute atomic E-state index is 0.00197. The Morgan fingerprint density at radius 3 is 2.44 bits per heavy atom. The van der Waals surface area contributed by atoms with Crippen molar-refractivity contribution in [2.24, 2.45) is 5.73 Å². The summed E-state index contributed by atoms with van der Waals surface area (Å²) >= 11 is 0. The average Bonchev–Trinajstić information content (AvgIpc) is 2.15. The van der Waals surface area contributed by atoms with E-state index in [1.807, 2.05) is 0 Å². The molecule has 1 aromatic carbocycles. The molecule has 0 aliphatic heterocycles. The summed E-state index contributed by atoms with van der Waals surface area (Å²) in [5, 5.41) is 0. The summed E-state index contributed by atoms with van der Waals surface area (Å²) in [5.74, 6) is 0.469. The van der Waals surface area contributed by atoms with Gasteiger partial charge in [0, 0.05) is 16.7 Å². The quantitative estimate of drug-likeness (QED) is 0.861. The van der Waals surface area contributed by atoms with Crippen LogP contribution < -0.4 is 10.5 Å². The van der Waals surface area contributed by atoms with Crippen molar-refractivity contribution in [2.75, 3.05) is 7.11 Å². The average molecular weight is 229 g/mol. The first-order valence-electron chi connectivity index (χ1n) is 5.08. The second-order valence-electron chi connectivity index (χ2n) is 4.49. The van der Waals surface area contributed by atoms with Gasteiger partial charge >= 0.3 is 0 Å². The SMILES string of the molecule is COc1cccc(C(F)F)c1CC(C)(C)N. The summed E-state index contributed by atoms with van der Waals surface area (Å²) in [6, 6.07) is 4.65. The molecule has 0 aliphatic carbocycles. The van der Waals surface area contributed by atoms with Crippen molar-refractivity contribution >= 4 is 0 Å². The van der Waals surface area contributed by atoms with Gasteiger partial charge in [-0.2, -0.15) is 0 Å². The highest BCUT2D eigenvalue weighted by Gasteiger charge is 2.21. The summed E-state index contributed by atoms with van der Waals surface area (Å²) in [5.41, 5.74) is 5.81. The van der Waals surface area contributed by atoms with Crippen LogP contribution in [-0.4, -0.2) is 12.6 Å². The first kappa shape index (κ1) is 12.9. The first-order chi connectivity index (χ1) is 7.35. The molecule has 0 heterocycles. The molecule has 0 atom stereocenters. The third-order valence-electron chi connectivity index (χ3n) is 2.26. The van der Waals surface area contributed by atoms with Gasteiger partial charge in [0.05, 0.1) is 7.11 Å². The van der Waals surface area contributed by atoms with Gasteiger partial charge in [0.25, 0.3) is 6.43 Å². The molecule has 90 valence electrons. The van der Waals surface area contributed by atoms with Crippen LogP contribution in [0.3, 0.4) is 0 Å². The highest BCUT2D eigenvalue weighted by molar-refractivity contribution is 5.42. The second-order valence-corrected chi connectivity index (χ2v) is 4.49. The van der Waals surface area contributed by atoms with Gasteiger partial charge < -0.3 is 10.5 Å². The fraction of sp³-hybridized carbons (Fsp3) is 0.500. The molecule has 0 aliphatic rings. The molecular weight excluding hydrogens is 212 g/mol. The molecule has 2 N–H and O–H groups in total. The van der Waals surface area contributed by atoms with E-state index in [0.29, 0.717) is 17.7 Å². The van der Waals surface area contributed by atoms with Crippen molar-refractivity contribution in [3.8, 4) is 5.75 Å². The third kappa shape index (κ3) is 3.17. The number of ether oxygens (including phenoxy) is 1. The summed E-state index contributed by atoms with van der Waals surface area (Å²) in [7, 11) is 1.47. The number of nitrogens with two attached hydrogens (primary N) is 1. The Morgan fingerprint density at radius 2 is 2.00 bits per heavy atom. The largest absolute Gasteiger partial charge is 0.496 e. The van der Waals surface area contributed by atoms with Gasteiger partial charge in [-0.3, -0.25) is 0 Å². The molecule has 0 saturated heterocycles. The zero-order valence-electron chi connectivity index (χ0n) is 9.76. The number of benzene rings is 1. The Hall–Kier alpha value is -1.16. The topological polar surface area (TPSA) is 35.2 Å². The number of halogens is 2. The zero-order valence-corrected chi connectivity index (χ0v) is 9.76. The Bertz CT molecular complexity index is 359. The number of hydrogen-bond donors (Lipinski definition) is 1. The molecule has 1 rings (SSSR count).